The minimum Gasteiger partial charge on any atom is -0.354 e. The molecule has 0 aromatic carbocycles. The number of rotatable bonds is 4. The summed E-state index contributed by atoms with van der Waals surface area (Å²) in [4.78, 5) is 7.12. The molecule has 3 nitrogen and oxygen atoms in total. The summed E-state index contributed by atoms with van der Waals surface area (Å²) >= 11 is 0. The molecule has 2 heterocycles. The first-order valence-corrected chi connectivity index (χ1v) is 7.67. The van der Waals surface area contributed by atoms with E-state index in [1.807, 2.05) is 6.20 Å². The molecule has 3 rings (SSSR count). The van der Waals surface area contributed by atoms with Gasteiger partial charge in [0.1, 0.15) is 5.82 Å². The second-order valence-electron chi connectivity index (χ2n) is 6.35. The zero-order valence-corrected chi connectivity index (χ0v) is 12.1. The maximum atomic E-state index is 4.66. The van der Waals surface area contributed by atoms with Crippen molar-refractivity contribution in [1.29, 1.82) is 0 Å². The van der Waals surface area contributed by atoms with Crippen molar-refractivity contribution in [1.82, 2.24) is 10.3 Å². The highest BCUT2D eigenvalue weighted by Gasteiger charge is 2.24. The summed E-state index contributed by atoms with van der Waals surface area (Å²) in [5.74, 6) is 2.00. The van der Waals surface area contributed by atoms with Crippen LogP contribution in [0.15, 0.2) is 18.3 Å². The number of aromatic nitrogens is 1. The Labute approximate surface area is 116 Å². The Bertz CT molecular complexity index is 411. The fourth-order valence-corrected chi connectivity index (χ4v) is 2.99. The molecule has 1 saturated carbocycles. The summed E-state index contributed by atoms with van der Waals surface area (Å²) < 4.78 is 0. The zero-order chi connectivity index (χ0) is 13.2. The number of hydrogen-bond acceptors (Lipinski definition) is 3. The fourth-order valence-electron chi connectivity index (χ4n) is 2.99. The Morgan fingerprint density at radius 1 is 1.26 bits per heavy atom. The largest absolute Gasteiger partial charge is 0.354 e. The van der Waals surface area contributed by atoms with Crippen LogP contribution in [-0.4, -0.2) is 23.6 Å². The predicted octanol–water partition coefficient (Wildman–Crippen LogP) is 2.96. The Kier molecular flexibility index (Phi) is 3.74. The van der Waals surface area contributed by atoms with E-state index in [1.165, 1.54) is 31.2 Å². The third-order valence-electron chi connectivity index (χ3n) is 4.41. The molecular formula is C16H25N3. The maximum absolute atomic E-state index is 4.66. The van der Waals surface area contributed by atoms with Crippen molar-refractivity contribution in [3.63, 3.8) is 0 Å². The van der Waals surface area contributed by atoms with Crippen molar-refractivity contribution in [3.8, 4) is 0 Å². The maximum Gasteiger partial charge on any atom is 0.128 e. The van der Waals surface area contributed by atoms with E-state index in [0.29, 0.717) is 6.04 Å². The molecule has 104 valence electrons. The zero-order valence-electron chi connectivity index (χ0n) is 12.1. The third-order valence-corrected chi connectivity index (χ3v) is 4.41. The minimum atomic E-state index is 0.617. The molecule has 1 aromatic rings. The molecular weight excluding hydrogens is 234 g/mol. The van der Waals surface area contributed by atoms with Gasteiger partial charge in [0, 0.05) is 31.4 Å². The van der Waals surface area contributed by atoms with Crippen molar-refractivity contribution in [3.05, 3.63) is 23.9 Å². The highest BCUT2D eigenvalue weighted by atomic mass is 15.2. The van der Waals surface area contributed by atoms with Crippen molar-refractivity contribution in [2.45, 2.75) is 58.2 Å². The quantitative estimate of drug-likeness (QED) is 0.901. The molecule has 1 aliphatic heterocycles. The molecule has 19 heavy (non-hydrogen) atoms. The van der Waals surface area contributed by atoms with Crippen LogP contribution in [0.1, 0.15) is 45.1 Å². The summed E-state index contributed by atoms with van der Waals surface area (Å²) in [5, 5.41) is 3.53. The van der Waals surface area contributed by atoms with Gasteiger partial charge < -0.3 is 10.2 Å². The monoisotopic (exact) mass is 259 g/mol. The van der Waals surface area contributed by atoms with Crippen LogP contribution < -0.4 is 10.2 Å². The van der Waals surface area contributed by atoms with E-state index in [-0.39, 0.29) is 0 Å². The van der Waals surface area contributed by atoms with E-state index in [9.17, 15) is 0 Å². The minimum absolute atomic E-state index is 0.617. The number of pyridine rings is 1. The van der Waals surface area contributed by atoms with Gasteiger partial charge in [-0.25, -0.2) is 4.98 Å². The summed E-state index contributed by atoms with van der Waals surface area (Å²) in [6.45, 7) is 6.79. The Morgan fingerprint density at radius 2 is 2.11 bits per heavy atom. The van der Waals surface area contributed by atoms with Crippen LogP contribution in [0.25, 0.3) is 0 Å². The molecule has 1 saturated heterocycles. The summed E-state index contributed by atoms with van der Waals surface area (Å²) in [5.41, 5.74) is 1.30. The average molecular weight is 259 g/mol. The van der Waals surface area contributed by atoms with Gasteiger partial charge in [0.15, 0.2) is 0 Å². The number of nitrogens with one attached hydrogen (secondary N) is 1. The van der Waals surface area contributed by atoms with Crippen molar-refractivity contribution in [2.75, 3.05) is 11.4 Å². The highest BCUT2D eigenvalue weighted by molar-refractivity contribution is 5.41. The van der Waals surface area contributed by atoms with E-state index in [4.69, 9.17) is 0 Å². The Balaban J connectivity index is 1.60. The second-order valence-corrected chi connectivity index (χ2v) is 6.35. The van der Waals surface area contributed by atoms with Crippen LogP contribution in [0.3, 0.4) is 0 Å². The molecule has 2 aliphatic rings. The molecule has 0 spiro atoms. The molecule has 0 radical (unpaired) electrons. The Morgan fingerprint density at radius 3 is 2.74 bits per heavy atom. The van der Waals surface area contributed by atoms with E-state index >= 15 is 0 Å². The normalized spacial score (nSPS) is 27.6. The molecule has 1 aromatic heterocycles. The van der Waals surface area contributed by atoms with Crippen molar-refractivity contribution >= 4 is 5.82 Å². The molecule has 0 bridgehead atoms. The molecule has 2 fully saturated rings. The summed E-state index contributed by atoms with van der Waals surface area (Å²) in [6.07, 6.45) is 7.29. The highest BCUT2D eigenvalue weighted by Crippen LogP contribution is 2.26. The molecule has 3 heteroatoms. The van der Waals surface area contributed by atoms with Gasteiger partial charge in [-0.2, -0.15) is 0 Å². The van der Waals surface area contributed by atoms with E-state index in [2.05, 4.69) is 41.2 Å². The number of piperidine rings is 1. The van der Waals surface area contributed by atoms with Gasteiger partial charge in [0.25, 0.3) is 0 Å². The molecule has 1 N–H and O–H groups in total. The summed E-state index contributed by atoms with van der Waals surface area (Å²) in [7, 11) is 0. The van der Waals surface area contributed by atoms with Gasteiger partial charge >= 0.3 is 0 Å². The lowest BCUT2D eigenvalue weighted by molar-refractivity contribution is 0.376. The van der Waals surface area contributed by atoms with E-state index < -0.39 is 0 Å². The lowest BCUT2D eigenvalue weighted by Crippen LogP contribution is -2.40. The van der Waals surface area contributed by atoms with E-state index in [1.54, 1.807) is 0 Å². The lowest BCUT2D eigenvalue weighted by atomic mass is 9.93. The molecule has 2 unspecified atom stereocenters. The van der Waals surface area contributed by atoms with Gasteiger partial charge in [-0.1, -0.05) is 13.0 Å². The fraction of sp³-hybridized carbons (Fsp3) is 0.688. The molecule has 1 aliphatic carbocycles. The van der Waals surface area contributed by atoms with Crippen LogP contribution in [0.5, 0.6) is 0 Å². The topological polar surface area (TPSA) is 28.2 Å². The summed E-state index contributed by atoms with van der Waals surface area (Å²) in [6, 6.07) is 5.80. The van der Waals surface area contributed by atoms with Gasteiger partial charge in [-0.05, 0) is 50.2 Å². The smallest absolute Gasteiger partial charge is 0.128 e. The number of hydrogen-bond donors (Lipinski definition) is 1. The number of nitrogens with zero attached hydrogens (tertiary/aromatic N) is 2. The van der Waals surface area contributed by atoms with Crippen LogP contribution in [0, 0.1) is 5.92 Å². The van der Waals surface area contributed by atoms with E-state index in [0.717, 1.165) is 30.9 Å². The first-order valence-electron chi connectivity index (χ1n) is 7.67. The van der Waals surface area contributed by atoms with Gasteiger partial charge in [0.2, 0.25) is 0 Å². The second kappa shape index (κ2) is 5.49. The standard InChI is InChI=1S/C16H25N3/c1-12-7-8-19(13(2)9-12)16-6-3-14(11-18-16)10-17-15-4-5-15/h3,6,11-13,15,17H,4-5,7-10H2,1-2H3. The van der Waals surface area contributed by atoms with Crippen molar-refractivity contribution in [2.24, 2.45) is 5.92 Å². The van der Waals surface area contributed by atoms with Crippen LogP contribution in [0.4, 0.5) is 5.82 Å². The van der Waals surface area contributed by atoms with Crippen LogP contribution in [-0.2, 0) is 6.54 Å². The van der Waals surface area contributed by atoms with Gasteiger partial charge in [-0.15, -0.1) is 0 Å². The van der Waals surface area contributed by atoms with Gasteiger partial charge in [-0.3, -0.25) is 0 Å². The number of anilines is 1. The van der Waals surface area contributed by atoms with Gasteiger partial charge in [0.05, 0.1) is 0 Å². The first kappa shape index (κ1) is 12.9. The molecule has 0 amide bonds. The predicted molar refractivity (Wildman–Crippen MR) is 79.3 cm³/mol. The van der Waals surface area contributed by atoms with Crippen LogP contribution >= 0.6 is 0 Å². The third kappa shape index (κ3) is 3.27. The average Bonchev–Trinajstić information content (AvgIpc) is 3.21. The molecule has 2 atom stereocenters. The first-order chi connectivity index (χ1) is 9.22. The Hall–Kier alpha value is -1.09. The van der Waals surface area contributed by atoms with Crippen molar-refractivity contribution < 1.29 is 0 Å². The SMILES string of the molecule is CC1CCN(c2ccc(CNC3CC3)cn2)C(C)C1. The lowest BCUT2D eigenvalue weighted by Gasteiger charge is -2.37. The van der Waals surface area contributed by atoms with Crippen LogP contribution in [0.2, 0.25) is 0 Å².